The number of urea groups is 1. The van der Waals surface area contributed by atoms with Crippen molar-refractivity contribution < 1.29 is 31.5 Å². The van der Waals surface area contributed by atoms with Crippen LogP contribution in [0.15, 0.2) is 47.5 Å². The van der Waals surface area contributed by atoms with E-state index < -0.39 is 39.0 Å². The molecule has 0 bridgehead atoms. The van der Waals surface area contributed by atoms with Crippen molar-refractivity contribution in [3.8, 4) is 11.6 Å². The summed E-state index contributed by atoms with van der Waals surface area (Å²) in [6, 6.07) is 7.78. The van der Waals surface area contributed by atoms with Crippen LogP contribution in [0.2, 0.25) is 0 Å². The average molecular weight is 694 g/mol. The van der Waals surface area contributed by atoms with Gasteiger partial charge in [0.1, 0.15) is 17.4 Å². The molecule has 256 valence electrons. The van der Waals surface area contributed by atoms with Crippen molar-refractivity contribution in [3.63, 3.8) is 0 Å². The van der Waals surface area contributed by atoms with Crippen molar-refractivity contribution in [1.82, 2.24) is 14.8 Å². The van der Waals surface area contributed by atoms with Crippen LogP contribution >= 0.6 is 12.4 Å². The summed E-state index contributed by atoms with van der Waals surface area (Å²) < 4.78 is 58.3. The molecular formula is C33H42ClF2N5O5S. The maximum absolute atomic E-state index is 14.5. The van der Waals surface area contributed by atoms with E-state index in [9.17, 15) is 26.8 Å². The molecule has 3 N–H and O–H groups in total. The van der Waals surface area contributed by atoms with Gasteiger partial charge in [-0.15, -0.1) is 12.4 Å². The van der Waals surface area contributed by atoms with Crippen LogP contribution in [0.4, 0.5) is 19.3 Å². The van der Waals surface area contributed by atoms with Gasteiger partial charge < -0.3 is 20.7 Å². The van der Waals surface area contributed by atoms with E-state index in [4.69, 9.17) is 10.5 Å². The van der Waals surface area contributed by atoms with Gasteiger partial charge in [-0.1, -0.05) is 25.8 Å². The van der Waals surface area contributed by atoms with Gasteiger partial charge >= 0.3 is 6.03 Å². The summed E-state index contributed by atoms with van der Waals surface area (Å²) >= 11 is 0. The summed E-state index contributed by atoms with van der Waals surface area (Å²) in [5.74, 6) is -2.16. The highest BCUT2D eigenvalue weighted by atomic mass is 35.5. The molecule has 10 nitrogen and oxygen atoms in total. The first-order valence-electron chi connectivity index (χ1n) is 15.3. The predicted molar refractivity (Wildman–Crippen MR) is 179 cm³/mol. The van der Waals surface area contributed by atoms with Gasteiger partial charge in [0.25, 0.3) is 5.91 Å². The lowest BCUT2D eigenvalue weighted by Crippen LogP contribution is -2.49. The van der Waals surface area contributed by atoms with Crippen molar-refractivity contribution in [1.29, 1.82) is 0 Å². The first-order valence-corrected chi connectivity index (χ1v) is 17.2. The summed E-state index contributed by atoms with van der Waals surface area (Å²) in [5.41, 5.74) is 6.79. The largest absolute Gasteiger partial charge is 0.438 e. The molecule has 0 atom stereocenters. The van der Waals surface area contributed by atoms with Crippen LogP contribution in [-0.4, -0.2) is 67.1 Å². The number of likely N-dealkylation sites (tertiary alicyclic amines) is 1. The third-order valence-corrected chi connectivity index (χ3v) is 9.19. The Hall–Kier alpha value is -3.81. The van der Waals surface area contributed by atoms with Gasteiger partial charge in [-0.3, -0.25) is 9.69 Å². The zero-order chi connectivity index (χ0) is 33.6. The molecule has 0 radical (unpaired) electrons. The van der Waals surface area contributed by atoms with E-state index in [1.54, 1.807) is 43.1 Å². The Balaban J connectivity index is 0.00000600. The van der Waals surface area contributed by atoms with Crippen LogP contribution in [-0.2, 0) is 16.4 Å². The first-order chi connectivity index (χ1) is 21.8. The molecule has 2 aromatic carbocycles. The molecule has 1 aliphatic rings. The molecule has 0 unspecified atom stereocenters. The minimum atomic E-state index is -3.33. The number of pyridine rings is 1. The number of halogens is 3. The Labute approximate surface area is 281 Å². The number of primary amides is 1. The van der Waals surface area contributed by atoms with E-state index in [0.717, 1.165) is 44.0 Å². The van der Waals surface area contributed by atoms with Gasteiger partial charge in [-0.2, -0.15) is 0 Å². The fourth-order valence-corrected chi connectivity index (χ4v) is 6.39. The van der Waals surface area contributed by atoms with Crippen LogP contribution in [0.1, 0.15) is 66.1 Å². The number of piperidine rings is 1. The number of nitrogens with two attached hydrogens (primary N) is 1. The quantitative estimate of drug-likeness (QED) is 0.210. The Morgan fingerprint density at radius 2 is 1.72 bits per heavy atom. The number of aryl methyl sites for hydroxylation is 2. The number of carbonyl (C=O) groups excluding carboxylic acids is 2. The van der Waals surface area contributed by atoms with Crippen LogP contribution in [0.3, 0.4) is 0 Å². The van der Waals surface area contributed by atoms with E-state index in [0.29, 0.717) is 54.8 Å². The maximum atomic E-state index is 14.5. The number of carbonyl (C=O) groups is 2. The van der Waals surface area contributed by atoms with Gasteiger partial charge in [-0.25, -0.2) is 27.0 Å². The number of hydrogen-bond acceptors (Lipinski definition) is 7. The van der Waals surface area contributed by atoms with Crippen molar-refractivity contribution in [2.75, 3.05) is 31.2 Å². The fraction of sp³-hybridized carbons (Fsp3) is 0.424. The Bertz CT molecular complexity index is 1660. The monoisotopic (exact) mass is 693 g/mol. The molecule has 0 aliphatic carbocycles. The van der Waals surface area contributed by atoms with Crippen molar-refractivity contribution in [3.05, 3.63) is 76.5 Å². The summed E-state index contributed by atoms with van der Waals surface area (Å²) in [5, 5.41) is 2.52. The number of nitrogens with zero attached hydrogens (tertiary/aromatic N) is 3. The highest BCUT2D eigenvalue weighted by Gasteiger charge is 2.29. The van der Waals surface area contributed by atoms with Crippen LogP contribution in [0.5, 0.6) is 11.6 Å². The molecule has 14 heteroatoms. The second-order valence-corrected chi connectivity index (χ2v) is 13.8. The molecule has 3 amide bonds. The molecular weight excluding hydrogens is 652 g/mol. The SMILES string of the molecule is CCCCCN(C(=O)Nc1cc(C(N)=O)c(F)cc1F)C1CCN(Cc2ccc(Oc3c(C)cc(S(C)(=O)=O)cc3C)nc2)CC1.Cl. The highest BCUT2D eigenvalue weighted by molar-refractivity contribution is 7.90. The zero-order valence-electron chi connectivity index (χ0n) is 27.0. The highest BCUT2D eigenvalue weighted by Crippen LogP contribution is 2.31. The second kappa shape index (κ2) is 16.3. The molecule has 3 aromatic rings. The molecule has 4 rings (SSSR count). The standard InChI is InChI=1S/C33H41F2N5O5S.ClH/c1-5-6-7-12-40(33(42)38-29-17-26(32(36)41)27(34)18-28(29)35)24-10-13-39(14-11-24)20-23-8-9-30(37-19-23)45-31-21(2)15-25(16-22(31)3)46(4,43)44;/h8-9,15-19,24H,5-7,10-14,20H2,1-4H3,(H2,36,41)(H,38,42);1H. The van der Waals surface area contributed by atoms with Crippen molar-refractivity contribution in [2.24, 2.45) is 5.73 Å². The number of ether oxygens (including phenoxy) is 1. The molecule has 1 fully saturated rings. The number of nitrogens with one attached hydrogen (secondary N) is 1. The van der Waals surface area contributed by atoms with Crippen LogP contribution < -0.4 is 15.8 Å². The first kappa shape index (κ1) is 37.6. The number of unbranched alkanes of at least 4 members (excludes halogenated alkanes) is 2. The lowest BCUT2D eigenvalue weighted by molar-refractivity contribution is 0.0996. The number of anilines is 1. The molecule has 0 saturated carbocycles. The predicted octanol–water partition coefficient (Wildman–Crippen LogP) is 6.38. The smallest absolute Gasteiger partial charge is 0.322 e. The van der Waals surface area contributed by atoms with Gasteiger partial charge in [0.15, 0.2) is 9.84 Å². The zero-order valence-corrected chi connectivity index (χ0v) is 28.6. The van der Waals surface area contributed by atoms with E-state index in [-0.39, 0.29) is 29.0 Å². The topological polar surface area (TPSA) is 135 Å². The van der Waals surface area contributed by atoms with E-state index >= 15 is 0 Å². The molecule has 47 heavy (non-hydrogen) atoms. The number of benzene rings is 2. The third kappa shape index (κ3) is 9.85. The Kier molecular flexibility index (Phi) is 13.1. The van der Waals surface area contributed by atoms with Crippen molar-refractivity contribution in [2.45, 2.75) is 70.4 Å². The molecule has 1 aromatic heterocycles. The fourth-order valence-electron chi connectivity index (χ4n) is 5.61. The minimum absolute atomic E-state index is 0. The van der Waals surface area contributed by atoms with Crippen molar-refractivity contribution >= 4 is 39.9 Å². The Morgan fingerprint density at radius 3 is 2.28 bits per heavy atom. The second-order valence-electron chi connectivity index (χ2n) is 11.8. The van der Waals surface area contributed by atoms with Gasteiger partial charge in [-0.05, 0) is 68.0 Å². The third-order valence-electron chi connectivity index (χ3n) is 8.10. The maximum Gasteiger partial charge on any atom is 0.322 e. The number of amides is 3. The molecule has 0 spiro atoms. The summed E-state index contributed by atoms with van der Waals surface area (Å²) in [4.78, 5) is 33.6. The number of sulfone groups is 1. The summed E-state index contributed by atoms with van der Waals surface area (Å²) in [6.07, 6.45) is 7.00. The normalized spacial score (nSPS) is 13.9. The lowest BCUT2D eigenvalue weighted by Gasteiger charge is -2.38. The number of aromatic nitrogens is 1. The number of rotatable bonds is 12. The number of hydrogen-bond donors (Lipinski definition) is 2. The summed E-state index contributed by atoms with van der Waals surface area (Å²) in [6.45, 7) is 8.24. The lowest BCUT2D eigenvalue weighted by atomic mass is 10.0. The average Bonchev–Trinajstić information content (AvgIpc) is 2.99. The van der Waals surface area contributed by atoms with Gasteiger partial charge in [0, 0.05) is 56.8 Å². The van der Waals surface area contributed by atoms with E-state index in [2.05, 4.69) is 22.1 Å². The van der Waals surface area contributed by atoms with Gasteiger partial charge in [0.2, 0.25) is 5.88 Å². The van der Waals surface area contributed by atoms with E-state index in [1.807, 2.05) is 6.07 Å². The van der Waals surface area contributed by atoms with Crippen LogP contribution in [0.25, 0.3) is 0 Å². The van der Waals surface area contributed by atoms with Crippen LogP contribution in [0, 0.1) is 25.5 Å². The summed E-state index contributed by atoms with van der Waals surface area (Å²) in [7, 11) is -3.33. The Morgan fingerprint density at radius 1 is 1.06 bits per heavy atom. The molecule has 1 aliphatic heterocycles. The van der Waals surface area contributed by atoms with E-state index in [1.165, 1.54) is 6.26 Å². The minimum Gasteiger partial charge on any atom is -0.438 e. The molecule has 2 heterocycles. The van der Waals surface area contributed by atoms with Gasteiger partial charge in [0.05, 0.1) is 16.1 Å². The molecule has 1 saturated heterocycles.